The lowest BCUT2D eigenvalue weighted by atomic mass is 10.1. The molecule has 5 nitrogen and oxygen atoms in total. The van der Waals surface area contributed by atoms with Gasteiger partial charge in [-0.2, -0.15) is 0 Å². The predicted octanol–water partition coefficient (Wildman–Crippen LogP) is 2.65. The van der Waals surface area contributed by atoms with Gasteiger partial charge in [-0.25, -0.2) is 0 Å². The molecule has 2 aliphatic rings. The van der Waals surface area contributed by atoms with Gasteiger partial charge in [-0.1, -0.05) is 13.8 Å². The van der Waals surface area contributed by atoms with E-state index < -0.39 is 0 Å². The van der Waals surface area contributed by atoms with E-state index in [2.05, 4.69) is 42.4 Å². The van der Waals surface area contributed by atoms with Crippen LogP contribution in [0.3, 0.4) is 0 Å². The molecule has 3 heterocycles. The Morgan fingerprint density at radius 3 is 2.88 bits per heavy atom. The number of carbonyl (C=O) groups excluding carboxylic acids is 2. The molecule has 0 saturated carbocycles. The number of hydrogen-bond donors (Lipinski definition) is 1. The number of rotatable bonds is 7. The van der Waals surface area contributed by atoms with E-state index in [1.54, 1.807) is 0 Å². The number of thiophene rings is 1. The van der Waals surface area contributed by atoms with Crippen LogP contribution in [0.2, 0.25) is 0 Å². The summed E-state index contributed by atoms with van der Waals surface area (Å²) >= 11 is 1.85. The van der Waals surface area contributed by atoms with Gasteiger partial charge in [-0.15, -0.1) is 11.3 Å². The zero-order valence-corrected chi connectivity index (χ0v) is 17.0. The van der Waals surface area contributed by atoms with Crippen LogP contribution in [0.5, 0.6) is 0 Å². The van der Waals surface area contributed by atoms with Crippen molar-refractivity contribution in [2.75, 3.05) is 19.6 Å². The second-order valence-electron chi connectivity index (χ2n) is 7.60. The van der Waals surface area contributed by atoms with Crippen LogP contribution in [-0.4, -0.2) is 53.3 Å². The minimum absolute atomic E-state index is 0.0342. The van der Waals surface area contributed by atoms with E-state index >= 15 is 0 Å². The Bertz CT molecular complexity index is 641. The molecule has 1 N–H and O–H groups in total. The maximum absolute atomic E-state index is 12.6. The summed E-state index contributed by atoms with van der Waals surface area (Å²) in [6.45, 7) is 9.63. The van der Waals surface area contributed by atoms with Crippen molar-refractivity contribution in [3.63, 3.8) is 0 Å². The van der Waals surface area contributed by atoms with Gasteiger partial charge in [-0.3, -0.25) is 14.5 Å². The molecule has 0 radical (unpaired) electrons. The topological polar surface area (TPSA) is 52.7 Å². The lowest BCUT2D eigenvalue weighted by molar-refractivity contribution is -0.130. The minimum Gasteiger partial charge on any atom is -0.354 e. The fraction of sp³-hybridized carbons (Fsp3) is 0.700. The summed E-state index contributed by atoms with van der Waals surface area (Å²) in [6.07, 6.45) is 3.37. The molecule has 26 heavy (non-hydrogen) atoms. The predicted molar refractivity (Wildman–Crippen MR) is 105 cm³/mol. The average molecular weight is 378 g/mol. The average Bonchev–Trinajstić information content (AvgIpc) is 3.27. The van der Waals surface area contributed by atoms with Crippen LogP contribution in [0.15, 0.2) is 11.4 Å². The standard InChI is InChI=1S/C20H31N3O2S/c1-4-17(5-2)23-13-16(10-19(23)24)20(25)21-11-14(3)22-8-6-18-15(12-22)7-9-26-18/h7,9,14,16-17H,4-6,8,10-13H2,1-3H3,(H,21,25). The van der Waals surface area contributed by atoms with Gasteiger partial charge < -0.3 is 10.2 Å². The van der Waals surface area contributed by atoms with Crippen molar-refractivity contribution in [2.24, 2.45) is 5.92 Å². The van der Waals surface area contributed by atoms with Gasteiger partial charge >= 0.3 is 0 Å². The molecule has 0 bridgehead atoms. The van der Waals surface area contributed by atoms with Crippen molar-refractivity contribution in [3.8, 4) is 0 Å². The Morgan fingerprint density at radius 2 is 2.15 bits per heavy atom. The molecule has 0 aromatic carbocycles. The Labute approximate surface area is 160 Å². The highest BCUT2D eigenvalue weighted by molar-refractivity contribution is 7.10. The molecular formula is C20H31N3O2S. The molecule has 0 aliphatic carbocycles. The summed E-state index contributed by atoms with van der Waals surface area (Å²) in [5.74, 6) is -0.0278. The van der Waals surface area contributed by atoms with Crippen LogP contribution in [0.4, 0.5) is 0 Å². The third kappa shape index (κ3) is 4.12. The van der Waals surface area contributed by atoms with Crippen LogP contribution < -0.4 is 5.32 Å². The van der Waals surface area contributed by atoms with Gasteiger partial charge in [0.05, 0.1) is 5.92 Å². The summed E-state index contributed by atoms with van der Waals surface area (Å²) in [4.78, 5) is 30.7. The van der Waals surface area contributed by atoms with Crippen molar-refractivity contribution in [2.45, 2.75) is 65.1 Å². The van der Waals surface area contributed by atoms with Gasteiger partial charge in [0.25, 0.3) is 0 Å². The maximum atomic E-state index is 12.6. The van der Waals surface area contributed by atoms with E-state index in [1.165, 1.54) is 10.4 Å². The van der Waals surface area contributed by atoms with Crippen molar-refractivity contribution in [1.29, 1.82) is 0 Å². The first kappa shape index (κ1) is 19.4. The normalized spacial score (nSPS) is 21.9. The number of fused-ring (bicyclic) bond motifs is 1. The van der Waals surface area contributed by atoms with Crippen LogP contribution in [0, 0.1) is 5.92 Å². The molecule has 1 saturated heterocycles. The SMILES string of the molecule is CCC(CC)N1CC(C(=O)NCC(C)N2CCc3sccc3C2)CC1=O. The van der Waals surface area contributed by atoms with Gasteiger partial charge in [0.15, 0.2) is 0 Å². The highest BCUT2D eigenvalue weighted by Crippen LogP contribution is 2.25. The largest absolute Gasteiger partial charge is 0.354 e. The second-order valence-corrected chi connectivity index (χ2v) is 8.60. The zero-order chi connectivity index (χ0) is 18.7. The molecule has 2 aliphatic heterocycles. The summed E-state index contributed by atoms with van der Waals surface area (Å²) in [5.41, 5.74) is 1.43. The number of nitrogens with zero attached hydrogens (tertiary/aromatic N) is 2. The van der Waals surface area contributed by atoms with Crippen LogP contribution in [0.25, 0.3) is 0 Å². The van der Waals surface area contributed by atoms with E-state index in [9.17, 15) is 9.59 Å². The van der Waals surface area contributed by atoms with E-state index in [4.69, 9.17) is 0 Å². The third-order valence-corrected chi connectivity index (χ3v) is 6.97. The maximum Gasteiger partial charge on any atom is 0.225 e. The van der Waals surface area contributed by atoms with Gasteiger partial charge in [0.2, 0.25) is 11.8 Å². The van der Waals surface area contributed by atoms with Crippen LogP contribution in [-0.2, 0) is 22.6 Å². The molecule has 6 heteroatoms. The molecule has 1 aromatic rings. The first-order valence-corrected chi connectivity index (χ1v) is 10.8. The first-order valence-electron chi connectivity index (χ1n) is 9.89. The Hall–Kier alpha value is -1.40. The molecule has 0 spiro atoms. The molecule has 2 amide bonds. The van der Waals surface area contributed by atoms with Gasteiger partial charge in [0.1, 0.15) is 0 Å². The zero-order valence-electron chi connectivity index (χ0n) is 16.2. The van der Waals surface area contributed by atoms with Crippen molar-refractivity contribution in [1.82, 2.24) is 15.1 Å². The minimum atomic E-state index is -0.194. The molecule has 1 aromatic heterocycles. The van der Waals surface area contributed by atoms with E-state index in [0.717, 1.165) is 32.4 Å². The first-order chi connectivity index (χ1) is 12.5. The lowest BCUT2D eigenvalue weighted by Gasteiger charge is -2.32. The number of amides is 2. The molecule has 2 atom stereocenters. The van der Waals surface area contributed by atoms with Gasteiger partial charge in [-0.05, 0) is 43.2 Å². The molecule has 1 fully saturated rings. The molecule has 3 rings (SSSR count). The van der Waals surface area contributed by atoms with E-state index in [1.807, 2.05) is 16.2 Å². The summed E-state index contributed by atoms with van der Waals surface area (Å²) in [5, 5.41) is 5.27. The fourth-order valence-electron chi connectivity index (χ4n) is 4.16. The summed E-state index contributed by atoms with van der Waals surface area (Å²) in [6, 6.07) is 2.79. The molecule has 2 unspecified atom stereocenters. The Kier molecular flexibility index (Phi) is 6.35. The number of carbonyl (C=O) groups is 2. The monoisotopic (exact) mass is 377 g/mol. The summed E-state index contributed by atoms with van der Waals surface area (Å²) < 4.78 is 0. The highest BCUT2D eigenvalue weighted by Gasteiger charge is 2.37. The van der Waals surface area contributed by atoms with E-state index in [-0.39, 0.29) is 23.8 Å². The third-order valence-electron chi connectivity index (χ3n) is 5.94. The molecule has 144 valence electrons. The number of likely N-dealkylation sites (tertiary alicyclic amines) is 1. The lowest BCUT2D eigenvalue weighted by Crippen LogP contribution is -2.45. The van der Waals surface area contributed by atoms with Crippen molar-refractivity contribution < 1.29 is 9.59 Å². The quantitative estimate of drug-likeness (QED) is 0.795. The summed E-state index contributed by atoms with van der Waals surface area (Å²) in [7, 11) is 0. The fourth-order valence-corrected chi connectivity index (χ4v) is 5.05. The van der Waals surface area contributed by atoms with Crippen molar-refractivity contribution >= 4 is 23.2 Å². The molecular weight excluding hydrogens is 346 g/mol. The number of hydrogen-bond acceptors (Lipinski definition) is 4. The Morgan fingerprint density at radius 1 is 1.38 bits per heavy atom. The van der Waals surface area contributed by atoms with E-state index in [0.29, 0.717) is 25.6 Å². The number of nitrogens with one attached hydrogen (secondary N) is 1. The smallest absolute Gasteiger partial charge is 0.225 e. The van der Waals surface area contributed by atoms with Crippen molar-refractivity contribution in [3.05, 3.63) is 21.9 Å². The Balaban J connectivity index is 1.48. The van der Waals surface area contributed by atoms with Crippen LogP contribution >= 0.6 is 11.3 Å². The second kappa shape index (κ2) is 8.53. The highest BCUT2D eigenvalue weighted by atomic mass is 32.1. The van der Waals surface area contributed by atoms with Crippen LogP contribution in [0.1, 0.15) is 50.5 Å². The van der Waals surface area contributed by atoms with Gasteiger partial charge in [0, 0.05) is 49.6 Å².